The monoisotopic (exact) mass is 286 g/mol. The fourth-order valence-corrected chi connectivity index (χ4v) is 2.39. The number of rotatable bonds is 4. The maximum absolute atomic E-state index is 11.8. The number of hydrogen-bond acceptors (Lipinski definition) is 4. The number of likely N-dealkylation sites (tertiary alicyclic amines) is 1. The molecular weight excluding hydrogens is 262 g/mol. The first kappa shape index (κ1) is 16.4. The van der Waals surface area contributed by atoms with Gasteiger partial charge in [0.15, 0.2) is 6.04 Å². The van der Waals surface area contributed by atoms with E-state index in [0.29, 0.717) is 19.4 Å². The number of piperidine rings is 1. The molecule has 7 nitrogen and oxygen atoms in total. The van der Waals surface area contributed by atoms with Gasteiger partial charge in [0.1, 0.15) is 0 Å². The topological polar surface area (TPSA) is 88.9 Å². The quantitative estimate of drug-likeness (QED) is 0.560. The van der Waals surface area contributed by atoms with Gasteiger partial charge in [-0.05, 0) is 13.8 Å². The zero-order valence-corrected chi connectivity index (χ0v) is 12.3. The van der Waals surface area contributed by atoms with Crippen LogP contribution in [0.5, 0.6) is 0 Å². The van der Waals surface area contributed by atoms with Crippen molar-refractivity contribution < 1.29 is 24.0 Å². The molecule has 1 aliphatic rings. The van der Waals surface area contributed by atoms with Crippen LogP contribution in [-0.2, 0) is 14.3 Å². The number of ether oxygens (including phenoxy) is 1. The minimum absolute atomic E-state index is 0.0621. The van der Waals surface area contributed by atoms with E-state index < -0.39 is 6.03 Å². The number of urea groups is 1. The lowest BCUT2D eigenvalue weighted by Crippen LogP contribution is -3.17. The van der Waals surface area contributed by atoms with Crippen molar-refractivity contribution in [2.24, 2.45) is 5.92 Å². The fourth-order valence-electron chi connectivity index (χ4n) is 2.39. The average molecular weight is 286 g/mol. The average Bonchev–Trinajstić information content (AvgIpc) is 2.46. The summed E-state index contributed by atoms with van der Waals surface area (Å²) in [4.78, 5) is 35.7. The predicted molar refractivity (Wildman–Crippen MR) is 72.1 cm³/mol. The molecule has 0 bridgehead atoms. The van der Waals surface area contributed by atoms with E-state index in [1.807, 2.05) is 0 Å². The molecule has 20 heavy (non-hydrogen) atoms. The van der Waals surface area contributed by atoms with Crippen molar-refractivity contribution in [2.45, 2.75) is 32.7 Å². The van der Waals surface area contributed by atoms with Gasteiger partial charge in [0.2, 0.25) is 0 Å². The molecule has 3 N–H and O–H groups in total. The molecule has 1 saturated heterocycles. The second-order valence-corrected chi connectivity index (χ2v) is 4.97. The van der Waals surface area contributed by atoms with Crippen LogP contribution in [0, 0.1) is 5.92 Å². The first-order valence-electron chi connectivity index (χ1n) is 7.03. The number of imide groups is 1. The highest BCUT2D eigenvalue weighted by molar-refractivity contribution is 5.96. The van der Waals surface area contributed by atoms with E-state index in [1.165, 1.54) is 7.05 Å². The van der Waals surface area contributed by atoms with Gasteiger partial charge in [0.05, 0.1) is 25.6 Å². The van der Waals surface area contributed by atoms with Crippen LogP contribution in [0.4, 0.5) is 4.79 Å². The lowest BCUT2D eigenvalue weighted by atomic mass is 9.96. The number of nitrogens with one attached hydrogen (secondary N) is 3. The van der Waals surface area contributed by atoms with Gasteiger partial charge in [-0.1, -0.05) is 0 Å². The van der Waals surface area contributed by atoms with Crippen LogP contribution in [0.1, 0.15) is 26.7 Å². The minimum Gasteiger partial charge on any atom is -0.466 e. The normalized spacial score (nSPS) is 23.6. The van der Waals surface area contributed by atoms with E-state index in [0.717, 1.165) is 18.0 Å². The van der Waals surface area contributed by atoms with Crippen LogP contribution < -0.4 is 15.5 Å². The molecular formula is C13H24N3O4+. The summed E-state index contributed by atoms with van der Waals surface area (Å²) >= 11 is 0. The molecule has 0 saturated carbocycles. The first-order valence-corrected chi connectivity index (χ1v) is 7.03. The lowest BCUT2D eigenvalue weighted by molar-refractivity contribution is -0.919. The van der Waals surface area contributed by atoms with Gasteiger partial charge in [-0.3, -0.25) is 14.9 Å². The number of carbonyl (C=O) groups is 3. The smallest absolute Gasteiger partial charge is 0.321 e. The molecule has 3 amide bonds. The first-order chi connectivity index (χ1) is 9.49. The summed E-state index contributed by atoms with van der Waals surface area (Å²) in [6.07, 6.45) is 1.43. The Labute approximate surface area is 119 Å². The molecule has 0 radical (unpaired) electrons. The number of carbonyl (C=O) groups excluding carboxylic acids is 3. The summed E-state index contributed by atoms with van der Waals surface area (Å²) in [5.41, 5.74) is 0. The molecule has 0 unspecified atom stereocenters. The Morgan fingerprint density at radius 3 is 2.40 bits per heavy atom. The van der Waals surface area contributed by atoms with E-state index in [4.69, 9.17) is 4.74 Å². The predicted octanol–water partition coefficient (Wildman–Crippen LogP) is -1.31. The van der Waals surface area contributed by atoms with Crippen LogP contribution >= 0.6 is 0 Å². The maximum Gasteiger partial charge on any atom is 0.321 e. The summed E-state index contributed by atoms with van der Waals surface area (Å²) in [5.74, 6) is -0.504. The summed E-state index contributed by atoms with van der Waals surface area (Å²) in [5, 5.41) is 4.63. The molecule has 0 aromatic carbocycles. The summed E-state index contributed by atoms with van der Waals surface area (Å²) in [6, 6.07) is -0.807. The van der Waals surface area contributed by atoms with Crippen molar-refractivity contribution in [3.8, 4) is 0 Å². The molecule has 0 aromatic rings. The number of esters is 1. The molecule has 1 fully saturated rings. The lowest BCUT2D eigenvalue weighted by Gasteiger charge is -2.31. The Morgan fingerprint density at radius 2 is 1.90 bits per heavy atom. The van der Waals surface area contributed by atoms with Gasteiger partial charge < -0.3 is 15.0 Å². The highest BCUT2D eigenvalue weighted by Gasteiger charge is 2.33. The van der Waals surface area contributed by atoms with Gasteiger partial charge in [-0.2, -0.15) is 0 Å². The van der Waals surface area contributed by atoms with Crippen molar-refractivity contribution in [2.75, 3.05) is 26.7 Å². The molecule has 114 valence electrons. The van der Waals surface area contributed by atoms with Gasteiger partial charge >= 0.3 is 12.0 Å². The zero-order valence-electron chi connectivity index (χ0n) is 12.3. The van der Waals surface area contributed by atoms with Crippen LogP contribution in [0.15, 0.2) is 0 Å². The fraction of sp³-hybridized carbons (Fsp3) is 0.769. The number of hydrogen-bond donors (Lipinski definition) is 3. The van der Waals surface area contributed by atoms with Crippen molar-refractivity contribution in [1.82, 2.24) is 10.6 Å². The van der Waals surface area contributed by atoms with Crippen LogP contribution in [0.3, 0.4) is 0 Å². The SMILES string of the molecule is CCOC(=O)C1CC[NH+]([C@@H](C)C(=O)NC(=O)NC)CC1. The van der Waals surface area contributed by atoms with Gasteiger partial charge in [0, 0.05) is 19.9 Å². The molecule has 0 spiro atoms. The van der Waals surface area contributed by atoms with Gasteiger partial charge in [-0.25, -0.2) is 4.79 Å². The summed E-state index contributed by atoms with van der Waals surface area (Å²) in [7, 11) is 1.46. The molecule has 1 aliphatic heterocycles. The molecule has 7 heteroatoms. The Kier molecular flexibility index (Phi) is 6.44. The standard InChI is InChI=1S/C13H23N3O4/c1-4-20-12(18)10-5-7-16(8-6-10)9(2)11(17)15-13(19)14-3/h9-10H,4-8H2,1-3H3,(H2,14,15,17,19)/p+1/t9-/m0/s1. The zero-order chi connectivity index (χ0) is 15.1. The van der Waals surface area contributed by atoms with Crippen molar-refractivity contribution in [1.29, 1.82) is 0 Å². The van der Waals surface area contributed by atoms with E-state index >= 15 is 0 Å². The second kappa shape index (κ2) is 7.84. The Morgan fingerprint density at radius 1 is 1.30 bits per heavy atom. The van der Waals surface area contributed by atoms with Gasteiger partial charge in [0.25, 0.3) is 5.91 Å². The minimum atomic E-state index is -0.498. The Balaban J connectivity index is 2.42. The van der Waals surface area contributed by atoms with E-state index in [-0.39, 0.29) is 23.8 Å². The van der Waals surface area contributed by atoms with Crippen molar-refractivity contribution in [3.63, 3.8) is 0 Å². The largest absolute Gasteiger partial charge is 0.466 e. The third kappa shape index (κ3) is 4.48. The highest BCUT2D eigenvalue weighted by Crippen LogP contribution is 2.11. The molecule has 1 atom stereocenters. The number of quaternary nitrogens is 1. The van der Waals surface area contributed by atoms with Crippen LogP contribution in [0.2, 0.25) is 0 Å². The van der Waals surface area contributed by atoms with Crippen molar-refractivity contribution >= 4 is 17.9 Å². The maximum atomic E-state index is 11.8. The van der Waals surface area contributed by atoms with E-state index in [1.54, 1.807) is 13.8 Å². The van der Waals surface area contributed by atoms with Crippen LogP contribution in [0.25, 0.3) is 0 Å². The molecule has 0 aromatic heterocycles. The highest BCUT2D eigenvalue weighted by atomic mass is 16.5. The molecule has 1 rings (SSSR count). The molecule has 0 aliphatic carbocycles. The Hall–Kier alpha value is -1.63. The number of amides is 3. The van der Waals surface area contributed by atoms with Crippen molar-refractivity contribution in [3.05, 3.63) is 0 Å². The summed E-state index contributed by atoms with van der Waals surface area (Å²) < 4.78 is 5.01. The van der Waals surface area contributed by atoms with E-state index in [9.17, 15) is 14.4 Å². The van der Waals surface area contributed by atoms with Crippen LogP contribution in [-0.4, -0.2) is 50.7 Å². The van der Waals surface area contributed by atoms with Gasteiger partial charge in [-0.15, -0.1) is 0 Å². The third-order valence-corrected chi connectivity index (χ3v) is 3.72. The summed E-state index contributed by atoms with van der Waals surface area (Å²) in [6.45, 7) is 5.44. The second-order valence-electron chi connectivity index (χ2n) is 4.97. The molecule has 1 heterocycles. The third-order valence-electron chi connectivity index (χ3n) is 3.72. The van der Waals surface area contributed by atoms with E-state index in [2.05, 4.69) is 10.6 Å². The Bertz CT molecular complexity index is 365.